The molecule has 0 bridgehead atoms. The zero-order chi connectivity index (χ0) is 23.7. The molecule has 1 unspecified atom stereocenters. The van der Waals surface area contributed by atoms with Gasteiger partial charge in [-0.15, -0.1) is 0 Å². The maximum atomic E-state index is 12.0. The van der Waals surface area contributed by atoms with Gasteiger partial charge in [0.2, 0.25) is 11.5 Å². The number of morpholine rings is 1. The highest BCUT2D eigenvalue weighted by molar-refractivity contribution is 5.74. The predicted molar refractivity (Wildman–Crippen MR) is 130 cm³/mol. The first kappa shape index (κ1) is 22.1. The van der Waals surface area contributed by atoms with Crippen LogP contribution in [0.2, 0.25) is 0 Å². The first-order valence-corrected chi connectivity index (χ1v) is 11.5. The Hall–Kier alpha value is -3.72. The Morgan fingerprint density at radius 3 is 2.71 bits per heavy atom. The van der Waals surface area contributed by atoms with Crippen LogP contribution in [0.4, 0.5) is 17.3 Å². The number of pyridine rings is 1. The van der Waals surface area contributed by atoms with Gasteiger partial charge in [0.05, 0.1) is 31.5 Å². The Morgan fingerprint density at radius 2 is 1.97 bits per heavy atom. The van der Waals surface area contributed by atoms with E-state index in [4.69, 9.17) is 14.7 Å². The molecule has 34 heavy (non-hydrogen) atoms. The third-order valence-corrected chi connectivity index (χ3v) is 6.32. The summed E-state index contributed by atoms with van der Waals surface area (Å²) in [5, 5.41) is 3.20. The minimum Gasteiger partial charge on any atom is -0.377 e. The highest BCUT2D eigenvalue weighted by atomic mass is 16.5. The number of nitrogens with zero attached hydrogens (tertiary/aromatic N) is 4. The number of fused-ring (bicyclic) bond motifs is 1. The molecule has 3 aromatic rings. The van der Waals surface area contributed by atoms with Crippen molar-refractivity contribution < 1.29 is 9.53 Å². The van der Waals surface area contributed by atoms with E-state index in [-0.39, 0.29) is 17.5 Å². The summed E-state index contributed by atoms with van der Waals surface area (Å²) >= 11 is 0. The number of nitrogens with one attached hydrogen (secondary N) is 2. The Morgan fingerprint density at radius 1 is 1.15 bits per heavy atom. The number of ether oxygens (including phenoxy) is 1. The van der Waals surface area contributed by atoms with E-state index >= 15 is 0 Å². The predicted octanol–water partition coefficient (Wildman–Crippen LogP) is 2.71. The summed E-state index contributed by atoms with van der Waals surface area (Å²) in [5.41, 5.74) is 3.60. The van der Waals surface area contributed by atoms with E-state index in [2.05, 4.69) is 22.1 Å². The quantitative estimate of drug-likeness (QED) is 0.617. The smallest absolute Gasteiger partial charge is 0.249 e. The molecule has 1 aromatic carbocycles. The van der Waals surface area contributed by atoms with Gasteiger partial charge in [0.15, 0.2) is 5.82 Å². The zero-order valence-electron chi connectivity index (χ0n) is 19.4. The monoisotopic (exact) mass is 460 g/mol. The van der Waals surface area contributed by atoms with Crippen LogP contribution in [0.25, 0.3) is 11.4 Å². The summed E-state index contributed by atoms with van der Waals surface area (Å²) in [6.45, 7) is 7.02. The van der Waals surface area contributed by atoms with Crippen molar-refractivity contribution in [1.29, 1.82) is 0 Å². The van der Waals surface area contributed by atoms with Crippen molar-refractivity contribution in [2.75, 3.05) is 36.5 Å². The maximum absolute atomic E-state index is 12.0. The van der Waals surface area contributed by atoms with Crippen molar-refractivity contribution >= 4 is 23.2 Å². The number of aromatic amines is 1. The summed E-state index contributed by atoms with van der Waals surface area (Å²) in [4.78, 5) is 40.4. The molecule has 9 nitrogen and oxygen atoms in total. The van der Waals surface area contributed by atoms with Crippen molar-refractivity contribution in [2.45, 2.75) is 32.9 Å². The lowest BCUT2D eigenvalue weighted by Gasteiger charge is -2.37. The molecule has 2 N–H and O–H groups in total. The van der Waals surface area contributed by atoms with E-state index in [0.717, 1.165) is 41.3 Å². The van der Waals surface area contributed by atoms with Crippen molar-refractivity contribution in [3.05, 3.63) is 64.1 Å². The number of aromatic nitrogens is 3. The van der Waals surface area contributed by atoms with Gasteiger partial charge in [0, 0.05) is 42.9 Å². The van der Waals surface area contributed by atoms with Crippen LogP contribution in [0.15, 0.2) is 47.3 Å². The van der Waals surface area contributed by atoms with Gasteiger partial charge >= 0.3 is 0 Å². The standard InChI is InChI=1S/C25H28N6O3/c1-16-15-34-13-12-31(16)25-20-10-11-30(17(2)32)14-21(20)27-24(29-25)18-6-8-19(9-7-18)26-22-4-3-5-23(33)28-22/h3-9,16H,10-15H2,1-2H3,(H2,26,28,33). The van der Waals surface area contributed by atoms with Gasteiger partial charge in [0.25, 0.3) is 0 Å². The fraction of sp³-hybridized carbons (Fsp3) is 0.360. The fourth-order valence-electron chi connectivity index (χ4n) is 4.47. The number of benzene rings is 1. The number of rotatable bonds is 4. The van der Waals surface area contributed by atoms with Crippen LogP contribution < -0.4 is 15.8 Å². The molecule has 0 spiro atoms. The SMILES string of the molecule is CC(=O)N1CCc2c(nc(-c3ccc(Nc4cccc(=O)[nH]4)cc3)nc2N2CCOCC2C)C1. The zero-order valence-corrected chi connectivity index (χ0v) is 19.4. The van der Waals surface area contributed by atoms with Gasteiger partial charge in [0.1, 0.15) is 11.6 Å². The highest BCUT2D eigenvalue weighted by Gasteiger charge is 2.29. The summed E-state index contributed by atoms with van der Waals surface area (Å²) in [7, 11) is 0. The molecule has 0 radical (unpaired) electrons. The molecule has 1 amide bonds. The third-order valence-electron chi connectivity index (χ3n) is 6.32. The average Bonchev–Trinajstić information content (AvgIpc) is 2.84. The molecule has 2 aliphatic rings. The van der Waals surface area contributed by atoms with Crippen LogP contribution in [0.3, 0.4) is 0 Å². The minimum absolute atomic E-state index is 0.0569. The van der Waals surface area contributed by atoms with Crippen LogP contribution in [0, 0.1) is 0 Å². The summed E-state index contributed by atoms with van der Waals surface area (Å²) < 4.78 is 5.64. The second-order valence-electron chi connectivity index (χ2n) is 8.74. The molecule has 176 valence electrons. The number of hydrogen-bond acceptors (Lipinski definition) is 7. The number of carbonyl (C=O) groups excluding carboxylic acids is 1. The third kappa shape index (κ3) is 4.51. The molecule has 0 saturated carbocycles. The molecule has 1 saturated heterocycles. The number of amides is 1. The van der Waals surface area contributed by atoms with Crippen LogP contribution in [0.5, 0.6) is 0 Å². The van der Waals surface area contributed by atoms with E-state index in [1.165, 1.54) is 6.07 Å². The molecular weight excluding hydrogens is 432 g/mol. The number of H-pyrrole nitrogens is 1. The lowest BCUT2D eigenvalue weighted by atomic mass is 10.0. The van der Waals surface area contributed by atoms with Crippen LogP contribution in [-0.2, 0) is 22.5 Å². The van der Waals surface area contributed by atoms with E-state index < -0.39 is 0 Å². The van der Waals surface area contributed by atoms with Crippen molar-refractivity contribution in [2.24, 2.45) is 0 Å². The summed E-state index contributed by atoms with van der Waals surface area (Å²) in [6.07, 6.45) is 0.743. The van der Waals surface area contributed by atoms with Crippen LogP contribution >= 0.6 is 0 Å². The Balaban J connectivity index is 1.49. The number of anilines is 3. The van der Waals surface area contributed by atoms with Crippen molar-refractivity contribution in [1.82, 2.24) is 19.9 Å². The fourth-order valence-corrected chi connectivity index (χ4v) is 4.47. The number of hydrogen-bond donors (Lipinski definition) is 2. The molecule has 5 rings (SSSR count). The van der Waals surface area contributed by atoms with Gasteiger partial charge in [-0.05, 0) is 43.7 Å². The van der Waals surface area contributed by atoms with Gasteiger partial charge < -0.3 is 24.8 Å². The van der Waals surface area contributed by atoms with Crippen molar-refractivity contribution in [3.8, 4) is 11.4 Å². The second kappa shape index (κ2) is 9.26. The minimum atomic E-state index is -0.159. The van der Waals surface area contributed by atoms with Crippen LogP contribution in [0.1, 0.15) is 25.1 Å². The lowest BCUT2D eigenvalue weighted by Crippen LogP contribution is -2.45. The topological polar surface area (TPSA) is 103 Å². The van der Waals surface area contributed by atoms with E-state index in [1.54, 1.807) is 19.1 Å². The maximum Gasteiger partial charge on any atom is 0.249 e. The highest BCUT2D eigenvalue weighted by Crippen LogP contribution is 2.31. The van der Waals surface area contributed by atoms with Gasteiger partial charge in [-0.25, -0.2) is 9.97 Å². The molecule has 2 aliphatic heterocycles. The Kier molecular flexibility index (Phi) is 6.02. The second-order valence-corrected chi connectivity index (χ2v) is 8.74. The molecule has 4 heterocycles. The van der Waals surface area contributed by atoms with E-state index in [1.807, 2.05) is 29.2 Å². The summed E-state index contributed by atoms with van der Waals surface area (Å²) in [6, 6.07) is 13.0. The van der Waals surface area contributed by atoms with Gasteiger partial charge in [-0.2, -0.15) is 0 Å². The first-order valence-electron chi connectivity index (χ1n) is 11.5. The molecule has 2 aromatic heterocycles. The van der Waals surface area contributed by atoms with Gasteiger partial charge in [-0.1, -0.05) is 6.07 Å². The molecule has 9 heteroatoms. The van der Waals surface area contributed by atoms with Crippen molar-refractivity contribution in [3.63, 3.8) is 0 Å². The first-order chi connectivity index (χ1) is 16.5. The average molecular weight is 461 g/mol. The molecule has 0 aliphatic carbocycles. The summed E-state index contributed by atoms with van der Waals surface area (Å²) in [5.74, 6) is 2.26. The van der Waals surface area contributed by atoms with E-state index in [9.17, 15) is 9.59 Å². The van der Waals surface area contributed by atoms with E-state index in [0.29, 0.717) is 37.9 Å². The Bertz CT molecular complexity index is 1260. The molecule has 1 fully saturated rings. The van der Waals surface area contributed by atoms with Crippen LogP contribution in [-0.4, -0.2) is 58.1 Å². The van der Waals surface area contributed by atoms with Gasteiger partial charge in [-0.3, -0.25) is 9.59 Å². The molecule has 1 atom stereocenters. The lowest BCUT2D eigenvalue weighted by molar-refractivity contribution is -0.129. The number of carbonyl (C=O) groups is 1. The largest absolute Gasteiger partial charge is 0.377 e. The molecular formula is C25H28N6O3. The Labute approximate surface area is 197 Å². The normalized spacial score (nSPS) is 17.9.